The lowest BCUT2D eigenvalue weighted by Crippen LogP contribution is -2.75. The van der Waals surface area contributed by atoms with Crippen LogP contribution in [0.2, 0.25) is 0 Å². The summed E-state index contributed by atoms with van der Waals surface area (Å²) in [4.78, 5) is 0. The minimum Gasteiger partial charge on any atom is -0.194 e. The molecule has 1 nitrogen and oxygen atoms in total. The van der Waals surface area contributed by atoms with Gasteiger partial charge in [0.1, 0.15) is 10.8 Å². The lowest BCUT2D eigenvalue weighted by Gasteiger charge is -2.46. The summed E-state index contributed by atoms with van der Waals surface area (Å²) in [6, 6.07) is -0.407. The SMILES string of the molecule is C=CC[n+]1csc2ccccc21.FC(F)(F)c1cc([B-](c2cc(C(F)(F)F)cc(C(F)(F)F)c2)(c2cc(C(F)(F)F)cc(C(F)(F)F)c2)c2cc(C(F)(F)F)cc(C(F)(F)F)c2)cc(C(F)(F)F)c1. The number of alkyl halides is 24. The Morgan fingerprint density at radius 2 is 0.609 bits per heavy atom. The molecule has 0 saturated carbocycles. The third-order valence-electron chi connectivity index (χ3n) is 10.2. The van der Waals surface area contributed by atoms with Crippen molar-refractivity contribution in [1.29, 1.82) is 0 Å². The first-order chi connectivity index (χ1) is 31.2. The van der Waals surface area contributed by atoms with Gasteiger partial charge in [-0.1, -0.05) is 78.6 Å². The van der Waals surface area contributed by atoms with E-state index in [1.54, 1.807) is 11.3 Å². The fraction of sp³-hybridized carbons (Fsp3) is 0.214. The number of thiazole rings is 1. The Hall–Kier alpha value is -5.89. The molecule has 372 valence electrons. The average Bonchev–Trinajstić information content (AvgIpc) is 3.61. The third kappa shape index (κ3) is 11.9. The molecule has 0 aliphatic carbocycles. The first kappa shape index (κ1) is 54.1. The topological polar surface area (TPSA) is 3.88 Å². The fourth-order valence-electron chi connectivity index (χ4n) is 7.32. The minimum absolute atomic E-state index is 0.691. The zero-order valence-corrected chi connectivity index (χ0v) is 34.1. The van der Waals surface area contributed by atoms with Crippen LogP contribution in [0.1, 0.15) is 44.5 Å². The molecule has 1 aromatic heterocycles. The summed E-state index contributed by atoms with van der Waals surface area (Å²) < 4.78 is 344. The molecule has 0 radical (unpaired) electrons. The van der Waals surface area contributed by atoms with E-state index in [-0.39, 0.29) is 0 Å². The van der Waals surface area contributed by atoms with E-state index in [0.29, 0.717) is 0 Å². The van der Waals surface area contributed by atoms with Gasteiger partial charge in [0.25, 0.3) is 0 Å². The Balaban J connectivity index is 0.000000636. The van der Waals surface area contributed by atoms with Crippen LogP contribution in [0.4, 0.5) is 105 Å². The summed E-state index contributed by atoms with van der Waals surface area (Å²) in [5, 5.41) is 0. The summed E-state index contributed by atoms with van der Waals surface area (Å²) in [7, 11) is 0. The maximum Gasteiger partial charge on any atom is 0.416 e. The number of fused-ring (bicyclic) bond motifs is 1. The summed E-state index contributed by atoms with van der Waals surface area (Å²) in [6.07, 6.45) is -52.9. The van der Waals surface area contributed by atoms with Crippen molar-refractivity contribution in [1.82, 2.24) is 0 Å². The van der Waals surface area contributed by atoms with E-state index in [1.807, 2.05) is 6.08 Å². The average molecular weight is 1040 g/mol. The molecular weight excluding hydrogens is 1020 g/mol. The van der Waals surface area contributed by atoms with E-state index >= 15 is 0 Å². The molecule has 69 heavy (non-hydrogen) atoms. The van der Waals surface area contributed by atoms with E-state index < -0.39 is 195 Å². The zero-order chi connectivity index (χ0) is 52.3. The van der Waals surface area contributed by atoms with Gasteiger partial charge in [-0.3, -0.25) is 0 Å². The largest absolute Gasteiger partial charge is 0.416 e. The van der Waals surface area contributed by atoms with Crippen molar-refractivity contribution < 1.29 is 110 Å². The van der Waals surface area contributed by atoms with Crippen LogP contribution in [0.3, 0.4) is 0 Å². The fourth-order valence-corrected chi connectivity index (χ4v) is 8.23. The predicted molar refractivity (Wildman–Crippen MR) is 202 cm³/mol. The standard InChI is InChI=1S/C32H12BF24.C10H10NS/c34-25(35,36)13-1-14(26(37,38)39)6-21(5-13)33(22-7-15(27(40,41)42)2-16(8-22)28(43,44)45,23-9-17(29(46,47)48)3-18(10-23)30(49,50)51)24-11-19(31(52,53)54)4-20(12-24)32(55,56)57;1-2-7-11-8-12-10-6-4-3-5-9(10)11/h1-12H;2-6,8H,1,7H2/q-1;+1. The Kier molecular flexibility index (Phi) is 14.2. The van der Waals surface area contributed by atoms with Gasteiger partial charge in [0.15, 0.2) is 6.54 Å². The highest BCUT2D eigenvalue weighted by Crippen LogP contribution is 2.41. The lowest BCUT2D eigenvalue weighted by atomic mass is 9.12. The van der Waals surface area contributed by atoms with Crippen LogP contribution in [-0.4, -0.2) is 6.15 Å². The predicted octanol–water partition coefficient (Wildman–Crippen LogP) is 13.6. The highest BCUT2D eigenvalue weighted by molar-refractivity contribution is 7.20. The molecule has 0 spiro atoms. The van der Waals surface area contributed by atoms with Crippen LogP contribution < -0.4 is 26.4 Å². The highest BCUT2D eigenvalue weighted by Gasteiger charge is 2.47. The molecule has 0 amide bonds. The van der Waals surface area contributed by atoms with Gasteiger partial charge in [-0.25, -0.2) is 0 Å². The normalized spacial score (nSPS) is 13.6. The van der Waals surface area contributed by atoms with Gasteiger partial charge in [0.05, 0.1) is 44.5 Å². The molecule has 27 heteroatoms. The Morgan fingerprint density at radius 3 is 0.826 bits per heavy atom. The van der Waals surface area contributed by atoms with Crippen molar-refractivity contribution in [3.8, 4) is 0 Å². The number of allylic oxidation sites excluding steroid dienone is 1. The monoisotopic (exact) mass is 1040 g/mol. The summed E-state index contributed by atoms with van der Waals surface area (Å²) in [5.41, 5.74) is -26.8. The molecule has 0 fully saturated rings. The van der Waals surface area contributed by atoms with Gasteiger partial charge in [0.2, 0.25) is 11.0 Å². The lowest BCUT2D eigenvalue weighted by molar-refractivity contribution is -0.656. The molecule has 0 aliphatic rings. The van der Waals surface area contributed by atoms with Crippen LogP contribution in [0.25, 0.3) is 10.2 Å². The quantitative estimate of drug-likeness (QED) is 0.0677. The van der Waals surface area contributed by atoms with Gasteiger partial charge in [0, 0.05) is 6.07 Å². The number of hydrogen-bond donors (Lipinski definition) is 0. The first-order valence-electron chi connectivity index (χ1n) is 18.5. The Bertz CT molecular complexity index is 2400. The van der Waals surface area contributed by atoms with Crippen molar-refractivity contribution in [2.75, 3.05) is 0 Å². The second-order valence-electron chi connectivity index (χ2n) is 14.9. The molecule has 0 bridgehead atoms. The van der Waals surface area contributed by atoms with E-state index in [0.717, 1.165) is 6.54 Å². The number of hydrogen-bond acceptors (Lipinski definition) is 1. The van der Waals surface area contributed by atoms with Crippen molar-refractivity contribution >= 4 is 49.6 Å². The van der Waals surface area contributed by atoms with Crippen molar-refractivity contribution in [2.45, 2.75) is 56.0 Å². The highest BCUT2D eigenvalue weighted by atomic mass is 32.1. The second-order valence-corrected chi connectivity index (χ2v) is 15.7. The molecule has 6 rings (SSSR count). The molecule has 0 unspecified atom stereocenters. The van der Waals surface area contributed by atoms with Crippen LogP contribution in [0.5, 0.6) is 0 Å². The number of benzene rings is 5. The van der Waals surface area contributed by atoms with Gasteiger partial charge in [-0.05, 0) is 36.4 Å². The number of rotatable bonds is 6. The van der Waals surface area contributed by atoms with E-state index in [9.17, 15) is 105 Å². The van der Waals surface area contributed by atoms with Crippen LogP contribution in [-0.2, 0) is 56.0 Å². The number of aromatic nitrogens is 1. The Labute approximate surface area is 374 Å². The number of nitrogens with zero attached hydrogens (tertiary/aromatic N) is 1. The van der Waals surface area contributed by atoms with Gasteiger partial charge >= 0.3 is 49.4 Å². The van der Waals surface area contributed by atoms with Crippen molar-refractivity contribution in [2.24, 2.45) is 0 Å². The van der Waals surface area contributed by atoms with Crippen LogP contribution >= 0.6 is 11.3 Å². The van der Waals surface area contributed by atoms with Crippen molar-refractivity contribution in [3.05, 3.63) is 160 Å². The molecule has 6 aromatic rings. The molecule has 0 atom stereocenters. The number of para-hydroxylation sites is 1. The number of halogens is 24. The maximum absolute atomic E-state index is 14.2. The van der Waals surface area contributed by atoms with E-state index in [4.69, 9.17) is 0 Å². The molecular formula is C42H22BF24NS. The minimum atomic E-state index is -6.13. The van der Waals surface area contributed by atoms with Crippen LogP contribution in [0.15, 0.2) is 115 Å². The van der Waals surface area contributed by atoms with Crippen LogP contribution in [0, 0.1) is 0 Å². The molecule has 1 heterocycles. The summed E-state index contributed by atoms with van der Waals surface area (Å²) >= 11 is 1.77. The van der Waals surface area contributed by atoms with E-state index in [1.165, 1.54) is 10.2 Å². The summed E-state index contributed by atoms with van der Waals surface area (Å²) in [5.74, 6) is 0. The third-order valence-corrected chi connectivity index (χ3v) is 11.2. The van der Waals surface area contributed by atoms with Gasteiger partial charge in [-0.2, -0.15) is 132 Å². The van der Waals surface area contributed by atoms with E-state index in [2.05, 4.69) is 40.9 Å². The summed E-state index contributed by atoms with van der Waals surface area (Å²) in [6.45, 7) is 4.62. The first-order valence-corrected chi connectivity index (χ1v) is 19.4. The molecule has 0 saturated heterocycles. The van der Waals surface area contributed by atoms with Gasteiger partial charge in [-0.15, -0.1) is 0 Å². The Morgan fingerprint density at radius 1 is 0.377 bits per heavy atom. The molecule has 5 aromatic carbocycles. The molecule has 0 aliphatic heterocycles. The van der Waals surface area contributed by atoms with Gasteiger partial charge < -0.3 is 0 Å². The zero-order valence-electron chi connectivity index (χ0n) is 33.3. The molecule has 0 N–H and O–H groups in total. The maximum atomic E-state index is 14.2. The smallest absolute Gasteiger partial charge is 0.194 e. The second kappa shape index (κ2) is 18.1. The van der Waals surface area contributed by atoms with Crippen molar-refractivity contribution in [3.63, 3.8) is 0 Å².